The number of hydrogen-bond acceptors (Lipinski definition) is 3. The molecule has 3 heteroatoms. The molecule has 0 spiro atoms. The van der Waals surface area contributed by atoms with Crippen molar-refractivity contribution in [1.29, 1.82) is 0 Å². The molecule has 0 aliphatic carbocycles. The molecule has 1 rings (SSSR count). The van der Waals surface area contributed by atoms with Crippen LogP contribution in [0.25, 0.3) is 0 Å². The third-order valence-corrected chi connectivity index (χ3v) is 2.92. The maximum Gasteiger partial charge on any atom is 0.157 e. The molecule has 98 valence electrons. The summed E-state index contributed by atoms with van der Waals surface area (Å²) in [6, 6.07) is 0. The SMILES string of the molecule is O=CC=CCCCCCCOC1CCCCO1. The van der Waals surface area contributed by atoms with Crippen LogP contribution in [0.1, 0.15) is 51.4 Å². The summed E-state index contributed by atoms with van der Waals surface area (Å²) in [6.07, 6.45) is 13.5. The van der Waals surface area contributed by atoms with Gasteiger partial charge in [-0.3, -0.25) is 4.79 Å². The summed E-state index contributed by atoms with van der Waals surface area (Å²) in [5.74, 6) is 0. The molecular formula is C14H24O3. The number of allylic oxidation sites excluding steroid dienone is 2. The van der Waals surface area contributed by atoms with Gasteiger partial charge in [-0.25, -0.2) is 0 Å². The zero-order valence-corrected chi connectivity index (χ0v) is 10.6. The van der Waals surface area contributed by atoms with E-state index in [4.69, 9.17) is 9.47 Å². The summed E-state index contributed by atoms with van der Waals surface area (Å²) in [5.41, 5.74) is 0. The lowest BCUT2D eigenvalue weighted by Crippen LogP contribution is -2.22. The topological polar surface area (TPSA) is 35.5 Å². The van der Waals surface area contributed by atoms with Crippen molar-refractivity contribution in [2.75, 3.05) is 13.2 Å². The van der Waals surface area contributed by atoms with E-state index in [1.165, 1.54) is 25.7 Å². The van der Waals surface area contributed by atoms with Gasteiger partial charge in [0.2, 0.25) is 0 Å². The predicted molar refractivity (Wildman–Crippen MR) is 67.8 cm³/mol. The van der Waals surface area contributed by atoms with E-state index in [1.54, 1.807) is 6.08 Å². The van der Waals surface area contributed by atoms with Gasteiger partial charge in [0.25, 0.3) is 0 Å². The van der Waals surface area contributed by atoms with Gasteiger partial charge in [0.15, 0.2) is 6.29 Å². The van der Waals surface area contributed by atoms with Gasteiger partial charge in [-0.1, -0.05) is 18.9 Å². The van der Waals surface area contributed by atoms with Crippen molar-refractivity contribution in [2.45, 2.75) is 57.7 Å². The third-order valence-electron chi connectivity index (χ3n) is 2.92. The van der Waals surface area contributed by atoms with Crippen molar-refractivity contribution in [3.8, 4) is 0 Å². The largest absolute Gasteiger partial charge is 0.353 e. The Bertz CT molecular complexity index is 208. The Balaban J connectivity index is 1.80. The van der Waals surface area contributed by atoms with Crippen molar-refractivity contribution in [2.24, 2.45) is 0 Å². The summed E-state index contributed by atoms with van der Waals surface area (Å²) >= 11 is 0. The van der Waals surface area contributed by atoms with Crippen LogP contribution in [-0.4, -0.2) is 25.8 Å². The lowest BCUT2D eigenvalue weighted by molar-refractivity contribution is -0.162. The standard InChI is InChI=1S/C14H24O3/c15-11-7-4-2-1-3-5-8-12-16-14-10-6-9-13-17-14/h4,7,11,14H,1-3,5-6,8-10,12-13H2. The van der Waals surface area contributed by atoms with Crippen molar-refractivity contribution < 1.29 is 14.3 Å². The molecule has 1 aliphatic heterocycles. The third kappa shape index (κ3) is 8.11. The lowest BCUT2D eigenvalue weighted by Gasteiger charge is -2.22. The Hall–Kier alpha value is -0.670. The van der Waals surface area contributed by atoms with E-state index in [2.05, 4.69) is 0 Å². The molecule has 0 aromatic carbocycles. The zero-order chi connectivity index (χ0) is 12.2. The van der Waals surface area contributed by atoms with Crippen LogP contribution < -0.4 is 0 Å². The molecule has 0 radical (unpaired) electrons. The number of unbranched alkanes of at least 4 members (excludes halogenated alkanes) is 4. The highest BCUT2D eigenvalue weighted by Gasteiger charge is 2.12. The minimum absolute atomic E-state index is 0.0549. The second kappa shape index (κ2) is 10.5. The van der Waals surface area contributed by atoms with Crippen LogP contribution in [0.15, 0.2) is 12.2 Å². The van der Waals surface area contributed by atoms with E-state index in [9.17, 15) is 4.79 Å². The maximum atomic E-state index is 10.0. The number of ether oxygens (including phenoxy) is 2. The number of rotatable bonds is 9. The van der Waals surface area contributed by atoms with Gasteiger partial charge in [0.05, 0.1) is 0 Å². The first-order valence-corrected chi connectivity index (χ1v) is 6.77. The van der Waals surface area contributed by atoms with Crippen LogP contribution in [0.4, 0.5) is 0 Å². The van der Waals surface area contributed by atoms with Crippen molar-refractivity contribution in [1.82, 2.24) is 0 Å². The van der Waals surface area contributed by atoms with Gasteiger partial charge >= 0.3 is 0 Å². The Morgan fingerprint density at radius 2 is 2.06 bits per heavy atom. The molecule has 1 heterocycles. The molecule has 1 fully saturated rings. The average Bonchev–Trinajstić information content (AvgIpc) is 2.38. The first kappa shape index (κ1) is 14.4. The molecule has 0 N–H and O–H groups in total. The molecular weight excluding hydrogens is 216 g/mol. The van der Waals surface area contributed by atoms with Crippen LogP contribution in [0.5, 0.6) is 0 Å². The molecule has 1 atom stereocenters. The van der Waals surface area contributed by atoms with E-state index in [0.29, 0.717) is 0 Å². The molecule has 0 amide bonds. The molecule has 1 unspecified atom stereocenters. The summed E-state index contributed by atoms with van der Waals surface area (Å²) in [7, 11) is 0. The first-order valence-electron chi connectivity index (χ1n) is 6.77. The van der Waals surface area contributed by atoms with E-state index in [0.717, 1.165) is 45.2 Å². The minimum Gasteiger partial charge on any atom is -0.353 e. The van der Waals surface area contributed by atoms with E-state index >= 15 is 0 Å². The number of hydrogen-bond donors (Lipinski definition) is 0. The van der Waals surface area contributed by atoms with Crippen molar-refractivity contribution in [3.63, 3.8) is 0 Å². The highest BCUT2D eigenvalue weighted by atomic mass is 16.7. The monoisotopic (exact) mass is 240 g/mol. The second-order valence-corrected chi connectivity index (χ2v) is 4.43. The molecule has 1 saturated heterocycles. The molecule has 17 heavy (non-hydrogen) atoms. The van der Waals surface area contributed by atoms with Gasteiger partial charge in [0.1, 0.15) is 6.29 Å². The molecule has 1 aliphatic rings. The summed E-state index contributed by atoms with van der Waals surface area (Å²) in [6.45, 7) is 1.67. The Morgan fingerprint density at radius 3 is 2.82 bits per heavy atom. The highest BCUT2D eigenvalue weighted by Crippen LogP contribution is 2.14. The smallest absolute Gasteiger partial charge is 0.157 e. The Morgan fingerprint density at radius 1 is 1.18 bits per heavy atom. The predicted octanol–water partition coefficient (Wildman–Crippen LogP) is 3.24. The minimum atomic E-state index is 0.0549. The summed E-state index contributed by atoms with van der Waals surface area (Å²) in [5, 5.41) is 0. The number of carbonyl (C=O) groups excluding carboxylic acids is 1. The van der Waals surface area contributed by atoms with Gasteiger partial charge < -0.3 is 9.47 Å². The van der Waals surface area contributed by atoms with Gasteiger partial charge in [0, 0.05) is 13.2 Å². The molecule has 0 saturated carbocycles. The van der Waals surface area contributed by atoms with E-state index in [-0.39, 0.29) is 6.29 Å². The van der Waals surface area contributed by atoms with E-state index < -0.39 is 0 Å². The average molecular weight is 240 g/mol. The van der Waals surface area contributed by atoms with Gasteiger partial charge in [-0.15, -0.1) is 0 Å². The van der Waals surface area contributed by atoms with Crippen LogP contribution in [0, 0.1) is 0 Å². The van der Waals surface area contributed by atoms with Gasteiger partial charge in [-0.05, 0) is 44.6 Å². The molecule has 0 bridgehead atoms. The maximum absolute atomic E-state index is 10.0. The fraction of sp³-hybridized carbons (Fsp3) is 0.786. The van der Waals surface area contributed by atoms with Crippen LogP contribution in [-0.2, 0) is 14.3 Å². The lowest BCUT2D eigenvalue weighted by atomic mass is 10.1. The quantitative estimate of drug-likeness (QED) is 0.352. The number of carbonyl (C=O) groups is 1. The Kier molecular flexibility index (Phi) is 8.87. The fourth-order valence-electron chi connectivity index (χ4n) is 1.93. The van der Waals surface area contributed by atoms with Crippen molar-refractivity contribution in [3.05, 3.63) is 12.2 Å². The molecule has 0 aromatic rings. The van der Waals surface area contributed by atoms with Crippen LogP contribution in [0.2, 0.25) is 0 Å². The summed E-state index contributed by atoms with van der Waals surface area (Å²) < 4.78 is 11.1. The molecule has 0 aromatic heterocycles. The zero-order valence-electron chi connectivity index (χ0n) is 10.6. The fourth-order valence-corrected chi connectivity index (χ4v) is 1.93. The van der Waals surface area contributed by atoms with E-state index in [1.807, 2.05) is 6.08 Å². The highest BCUT2D eigenvalue weighted by molar-refractivity contribution is 5.64. The van der Waals surface area contributed by atoms with Crippen LogP contribution in [0.3, 0.4) is 0 Å². The van der Waals surface area contributed by atoms with Crippen LogP contribution >= 0.6 is 0 Å². The Labute approximate surface area is 104 Å². The van der Waals surface area contributed by atoms with Gasteiger partial charge in [-0.2, -0.15) is 0 Å². The van der Waals surface area contributed by atoms with Crippen molar-refractivity contribution >= 4 is 6.29 Å². The normalized spacial score (nSPS) is 20.8. The summed E-state index contributed by atoms with van der Waals surface area (Å²) in [4.78, 5) is 10.0. The first-order chi connectivity index (χ1) is 8.43. The number of aldehydes is 1. The second-order valence-electron chi connectivity index (χ2n) is 4.43. The molecule has 3 nitrogen and oxygen atoms in total.